The van der Waals surface area contributed by atoms with Crippen LogP contribution in [0.15, 0.2) is 36.7 Å². The highest BCUT2D eigenvalue weighted by Gasteiger charge is 2.35. The number of nitrogens with one attached hydrogen (secondary N) is 2. The minimum Gasteiger partial charge on any atom is -0.507 e. The number of phenols is 1. The van der Waals surface area contributed by atoms with Gasteiger partial charge in [-0.25, -0.2) is 4.39 Å². The molecule has 2 fully saturated rings. The topological polar surface area (TPSA) is 90.0 Å². The van der Waals surface area contributed by atoms with Crippen LogP contribution in [0.25, 0.3) is 22.4 Å². The van der Waals surface area contributed by atoms with E-state index in [1.54, 1.807) is 12.3 Å². The Bertz CT molecular complexity index is 995. The largest absolute Gasteiger partial charge is 0.507 e. The minimum absolute atomic E-state index is 0.0482. The second kappa shape index (κ2) is 7.11. The van der Waals surface area contributed by atoms with E-state index in [1.807, 2.05) is 6.07 Å². The van der Waals surface area contributed by atoms with E-state index in [0.29, 0.717) is 34.9 Å². The molecule has 2 saturated heterocycles. The molecule has 1 aromatic carbocycles. The van der Waals surface area contributed by atoms with Gasteiger partial charge in [-0.1, -0.05) is 0 Å². The molecular formula is C21H23FN6O. The lowest BCUT2D eigenvalue weighted by atomic mass is 9.98. The summed E-state index contributed by atoms with van der Waals surface area (Å²) in [4.78, 5) is 2.19. The first-order valence-corrected chi connectivity index (χ1v) is 9.93. The molecule has 0 radical (unpaired) electrons. The number of hydrogen-bond acceptors (Lipinski definition) is 6. The summed E-state index contributed by atoms with van der Waals surface area (Å²) in [5.74, 6) is 0.287. The monoisotopic (exact) mass is 394 g/mol. The molecular weight excluding hydrogens is 371 g/mol. The Kier molecular flexibility index (Phi) is 4.43. The van der Waals surface area contributed by atoms with E-state index in [2.05, 4.69) is 37.7 Å². The van der Waals surface area contributed by atoms with Crippen LogP contribution in [0.2, 0.25) is 0 Å². The highest BCUT2D eigenvalue weighted by atomic mass is 19.1. The van der Waals surface area contributed by atoms with Crippen molar-refractivity contribution < 1.29 is 9.50 Å². The van der Waals surface area contributed by atoms with Crippen LogP contribution in [0.1, 0.15) is 25.7 Å². The van der Waals surface area contributed by atoms with Crippen molar-refractivity contribution in [1.29, 1.82) is 0 Å². The van der Waals surface area contributed by atoms with Gasteiger partial charge < -0.3 is 15.3 Å². The lowest BCUT2D eigenvalue weighted by Gasteiger charge is -2.36. The van der Waals surface area contributed by atoms with Crippen LogP contribution in [0.3, 0.4) is 0 Å². The first-order valence-electron chi connectivity index (χ1n) is 9.93. The summed E-state index contributed by atoms with van der Waals surface area (Å²) in [6.45, 7) is 0. The average molecular weight is 394 g/mol. The van der Waals surface area contributed by atoms with Crippen LogP contribution in [0, 0.1) is 5.82 Å². The molecule has 7 nitrogen and oxygen atoms in total. The zero-order valence-corrected chi connectivity index (χ0v) is 16.1. The number of fused-ring (bicyclic) bond motifs is 2. The number of nitrogens with zero attached hydrogens (tertiary/aromatic N) is 4. The quantitative estimate of drug-likeness (QED) is 0.630. The van der Waals surface area contributed by atoms with Crippen LogP contribution in [0.4, 0.5) is 10.2 Å². The van der Waals surface area contributed by atoms with Crippen LogP contribution < -0.4 is 10.2 Å². The normalized spacial score (nSPS) is 23.3. The molecule has 29 heavy (non-hydrogen) atoms. The van der Waals surface area contributed by atoms with Crippen molar-refractivity contribution in [3.8, 4) is 28.1 Å². The summed E-state index contributed by atoms with van der Waals surface area (Å²) >= 11 is 0. The van der Waals surface area contributed by atoms with E-state index >= 15 is 0 Å². The van der Waals surface area contributed by atoms with Crippen LogP contribution in [-0.2, 0) is 0 Å². The standard InChI is InChI=1S/C21H23FN6O/c1-28(15-6-13-2-3-14(7-15)25-13)21-5-4-19(26-27-21)17-8-18(22)16(9-20(17)29)12-10-23-24-11-12/h4-5,8-11,13-15,25,29H,2-3,6-7H2,1H3,(H,23,24)/t13-,14+,15-. The number of hydrogen-bond donors (Lipinski definition) is 3. The van der Waals surface area contributed by atoms with Gasteiger partial charge in [0.15, 0.2) is 5.82 Å². The van der Waals surface area contributed by atoms with Crippen molar-refractivity contribution in [2.24, 2.45) is 0 Å². The fourth-order valence-electron chi connectivity index (χ4n) is 4.57. The number of rotatable bonds is 4. The first kappa shape index (κ1) is 18.1. The molecule has 3 N–H and O–H groups in total. The molecule has 150 valence electrons. The van der Waals surface area contributed by atoms with Gasteiger partial charge >= 0.3 is 0 Å². The molecule has 2 aliphatic rings. The summed E-state index contributed by atoms with van der Waals surface area (Å²) in [5.41, 5.74) is 1.60. The van der Waals surface area contributed by atoms with Crippen molar-refractivity contribution in [3.63, 3.8) is 0 Å². The van der Waals surface area contributed by atoms with E-state index in [0.717, 1.165) is 18.7 Å². The van der Waals surface area contributed by atoms with Crippen molar-refractivity contribution in [1.82, 2.24) is 25.7 Å². The second-order valence-electron chi connectivity index (χ2n) is 7.99. The molecule has 3 atom stereocenters. The molecule has 2 aliphatic heterocycles. The third kappa shape index (κ3) is 3.33. The highest BCUT2D eigenvalue weighted by Crippen LogP contribution is 2.35. The Morgan fingerprint density at radius 2 is 1.90 bits per heavy atom. The van der Waals surface area contributed by atoms with Crippen LogP contribution in [0.5, 0.6) is 5.75 Å². The number of benzene rings is 1. The highest BCUT2D eigenvalue weighted by molar-refractivity contribution is 5.74. The first-order chi connectivity index (χ1) is 14.1. The fraction of sp³-hybridized carbons (Fsp3) is 0.381. The van der Waals surface area contributed by atoms with Gasteiger partial charge in [0, 0.05) is 48.1 Å². The number of H-pyrrole nitrogens is 1. The molecule has 0 unspecified atom stereocenters. The van der Waals surface area contributed by atoms with Crippen molar-refractivity contribution >= 4 is 5.82 Å². The van der Waals surface area contributed by atoms with E-state index in [-0.39, 0.29) is 11.3 Å². The predicted molar refractivity (Wildman–Crippen MR) is 108 cm³/mol. The predicted octanol–water partition coefficient (Wildman–Crippen LogP) is 3.10. The van der Waals surface area contributed by atoms with Gasteiger partial charge in [0.1, 0.15) is 11.6 Å². The van der Waals surface area contributed by atoms with Crippen molar-refractivity contribution in [2.75, 3.05) is 11.9 Å². The van der Waals surface area contributed by atoms with E-state index in [9.17, 15) is 9.50 Å². The summed E-state index contributed by atoms with van der Waals surface area (Å²) in [6.07, 6.45) is 7.80. The molecule has 2 bridgehead atoms. The van der Waals surface area contributed by atoms with Gasteiger partial charge in [-0.2, -0.15) is 5.10 Å². The third-order valence-electron chi connectivity index (χ3n) is 6.18. The maximum absolute atomic E-state index is 14.6. The molecule has 5 rings (SSSR count). The van der Waals surface area contributed by atoms with Gasteiger partial charge in [0.05, 0.1) is 11.9 Å². The molecule has 4 heterocycles. The number of aromatic amines is 1. The smallest absolute Gasteiger partial charge is 0.151 e. The Hall–Kier alpha value is -3.00. The van der Waals surface area contributed by atoms with Crippen molar-refractivity contribution in [3.05, 3.63) is 42.5 Å². The van der Waals surface area contributed by atoms with Crippen LogP contribution >= 0.6 is 0 Å². The summed E-state index contributed by atoms with van der Waals surface area (Å²) in [7, 11) is 2.05. The zero-order valence-electron chi connectivity index (χ0n) is 16.1. The van der Waals surface area contributed by atoms with Gasteiger partial charge in [-0.3, -0.25) is 5.10 Å². The van der Waals surface area contributed by atoms with Gasteiger partial charge in [-0.15, -0.1) is 10.2 Å². The lowest BCUT2D eigenvalue weighted by molar-refractivity contribution is 0.353. The molecule has 0 aliphatic carbocycles. The summed E-state index contributed by atoms with van der Waals surface area (Å²) < 4.78 is 14.6. The minimum atomic E-state index is -0.452. The molecule has 0 spiro atoms. The lowest BCUT2D eigenvalue weighted by Crippen LogP contribution is -2.47. The second-order valence-corrected chi connectivity index (χ2v) is 7.99. The number of anilines is 1. The maximum Gasteiger partial charge on any atom is 0.151 e. The Morgan fingerprint density at radius 3 is 2.55 bits per heavy atom. The van der Waals surface area contributed by atoms with Crippen LogP contribution in [-0.4, -0.2) is 50.7 Å². The summed E-state index contributed by atoms with van der Waals surface area (Å²) in [5, 5.41) is 29.2. The maximum atomic E-state index is 14.6. The third-order valence-corrected chi connectivity index (χ3v) is 6.18. The number of aromatic hydroxyl groups is 1. The molecule has 3 aromatic rings. The van der Waals surface area contributed by atoms with E-state index in [1.165, 1.54) is 31.2 Å². The fourth-order valence-corrected chi connectivity index (χ4v) is 4.57. The summed E-state index contributed by atoms with van der Waals surface area (Å²) in [6, 6.07) is 7.98. The number of phenolic OH excluding ortho intramolecular Hbond substituents is 1. The zero-order chi connectivity index (χ0) is 20.0. The Labute approximate surface area is 168 Å². The number of aromatic nitrogens is 4. The molecule has 2 aromatic heterocycles. The molecule has 0 amide bonds. The van der Waals surface area contributed by atoms with Crippen molar-refractivity contribution in [2.45, 2.75) is 43.8 Å². The SMILES string of the molecule is CN(c1ccc(-c2cc(F)c(-c3cn[nH]c3)cc2O)nn1)[C@@H]1C[C@H]2CC[C@@H](C1)N2. The number of halogens is 1. The average Bonchev–Trinajstić information content (AvgIpc) is 3.38. The van der Waals surface area contributed by atoms with Gasteiger partial charge in [-0.05, 0) is 49.9 Å². The Balaban J connectivity index is 1.38. The number of piperidine rings is 1. The van der Waals surface area contributed by atoms with Gasteiger partial charge in [0.2, 0.25) is 0 Å². The van der Waals surface area contributed by atoms with E-state index < -0.39 is 5.82 Å². The van der Waals surface area contributed by atoms with Gasteiger partial charge in [0.25, 0.3) is 0 Å². The molecule has 8 heteroatoms. The Morgan fingerprint density at radius 1 is 1.10 bits per heavy atom. The van der Waals surface area contributed by atoms with E-state index in [4.69, 9.17) is 0 Å². The molecule has 0 saturated carbocycles.